The molecule has 1 spiro atoms. The summed E-state index contributed by atoms with van der Waals surface area (Å²) in [5, 5.41) is 14.3. The molecule has 2 N–H and O–H groups in total. The molecule has 2 aliphatic heterocycles. The molecule has 1 unspecified atom stereocenters. The van der Waals surface area contributed by atoms with E-state index in [4.69, 9.17) is 18.9 Å². The molecule has 1 saturated heterocycles. The monoisotopic (exact) mass is 521 g/mol. The molecule has 2 bridgehead atoms. The van der Waals surface area contributed by atoms with Crippen molar-refractivity contribution in [2.75, 3.05) is 13.7 Å². The van der Waals surface area contributed by atoms with Gasteiger partial charge in [0.15, 0.2) is 17.7 Å². The normalized spacial score (nSPS) is 42.2. The van der Waals surface area contributed by atoms with Crippen molar-refractivity contribution in [3.8, 4) is 0 Å². The lowest BCUT2D eigenvalue weighted by Gasteiger charge is -2.67. The molecule has 2 saturated carbocycles. The fraction of sp³-hybridized carbons (Fsp3) is 0.600. The number of benzene rings is 1. The average Bonchev–Trinajstić information content (AvgIpc) is 3.44. The maximum atomic E-state index is 13.4. The number of aliphatic hydroxyl groups is 1. The number of H-pyrrole nitrogens is 1. The molecule has 7 atom stereocenters. The van der Waals surface area contributed by atoms with Gasteiger partial charge in [-0.1, -0.05) is 32.0 Å². The Labute approximate surface area is 221 Å². The third-order valence-electron chi connectivity index (χ3n) is 10.8. The van der Waals surface area contributed by atoms with Crippen molar-refractivity contribution < 1.29 is 33.6 Å². The third-order valence-corrected chi connectivity index (χ3v) is 10.8. The Balaban J connectivity index is 1.45. The molecule has 202 valence electrons. The number of nitrogens with one attached hydrogen (secondary N) is 1. The number of rotatable bonds is 3. The first kappa shape index (κ1) is 24.5. The number of carbonyl (C=O) groups is 2. The van der Waals surface area contributed by atoms with Gasteiger partial charge in [-0.3, -0.25) is 4.79 Å². The Morgan fingerprint density at radius 3 is 2.71 bits per heavy atom. The fourth-order valence-electron chi connectivity index (χ4n) is 8.84. The van der Waals surface area contributed by atoms with Crippen molar-refractivity contribution in [3.63, 3.8) is 0 Å². The zero-order valence-electron chi connectivity index (χ0n) is 22.6. The molecule has 8 heteroatoms. The van der Waals surface area contributed by atoms with Crippen LogP contribution in [0.25, 0.3) is 10.9 Å². The number of methoxy groups -OCH3 is 1. The first-order chi connectivity index (χ1) is 17.9. The van der Waals surface area contributed by atoms with Gasteiger partial charge in [0, 0.05) is 46.5 Å². The Morgan fingerprint density at radius 1 is 1.18 bits per heavy atom. The van der Waals surface area contributed by atoms with Crippen LogP contribution in [0.1, 0.15) is 58.2 Å². The molecule has 5 aliphatic rings. The van der Waals surface area contributed by atoms with Crippen molar-refractivity contribution in [1.29, 1.82) is 0 Å². The minimum absolute atomic E-state index is 0.113. The molecular formula is C30H35NO7. The van der Waals surface area contributed by atoms with Crippen LogP contribution in [0.4, 0.5) is 0 Å². The molecule has 3 heterocycles. The molecule has 7 rings (SSSR count). The van der Waals surface area contributed by atoms with E-state index in [1.165, 1.54) is 24.1 Å². The zero-order chi connectivity index (χ0) is 26.9. The second-order valence-corrected chi connectivity index (χ2v) is 12.8. The highest BCUT2D eigenvalue weighted by atomic mass is 16.8. The van der Waals surface area contributed by atoms with Crippen LogP contribution in [-0.2, 0) is 40.4 Å². The van der Waals surface area contributed by atoms with E-state index in [9.17, 15) is 14.7 Å². The zero-order valence-corrected chi connectivity index (χ0v) is 22.6. The lowest BCUT2D eigenvalue weighted by Crippen LogP contribution is -2.75. The van der Waals surface area contributed by atoms with Crippen molar-refractivity contribution in [2.45, 2.75) is 88.0 Å². The van der Waals surface area contributed by atoms with E-state index in [0.717, 1.165) is 17.6 Å². The standard InChI is InChI=1S/C30H35NO7/c1-26(2)25-20(32)14-21-29(37-25,38-26)11-10-27(3)28(4)16(13-22(30(21,27)34)36-23(33)15-35-5)12-18-17-8-6-7-9-19(17)31-24(18)28/h6-9,14,16,22,25,31,34H,10-13,15H2,1-5H3/t16-,22+,25+,27?,28-,29+,30+/m1/s1. The van der Waals surface area contributed by atoms with Crippen LogP contribution >= 0.6 is 0 Å². The van der Waals surface area contributed by atoms with Gasteiger partial charge in [-0.15, -0.1) is 0 Å². The first-order valence-corrected chi connectivity index (χ1v) is 13.6. The maximum Gasteiger partial charge on any atom is 0.332 e. The second kappa shape index (κ2) is 7.36. The predicted octanol–water partition coefficient (Wildman–Crippen LogP) is 3.49. The largest absolute Gasteiger partial charge is 0.457 e. The Hall–Kier alpha value is -2.52. The van der Waals surface area contributed by atoms with Crippen molar-refractivity contribution in [1.82, 2.24) is 4.98 Å². The fourth-order valence-corrected chi connectivity index (χ4v) is 8.84. The molecule has 0 amide bonds. The van der Waals surface area contributed by atoms with Crippen molar-refractivity contribution in [2.24, 2.45) is 11.3 Å². The highest BCUT2D eigenvalue weighted by Gasteiger charge is 2.78. The summed E-state index contributed by atoms with van der Waals surface area (Å²) in [4.78, 5) is 29.9. The molecule has 1 aromatic heterocycles. The summed E-state index contributed by atoms with van der Waals surface area (Å²) in [7, 11) is 1.44. The summed E-state index contributed by atoms with van der Waals surface area (Å²) in [6, 6.07) is 8.29. The number of hydrogen-bond donors (Lipinski definition) is 2. The summed E-state index contributed by atoms with van der Waals surface area (Å²) >= 11 is 0. The summed E-state index contributed by atoms with van der Waals surface area (Å²) < 4.78 is 24.0. The Kier molecular flexibility index (Phi) is 4.75. The van der Waals surface area contributed by atoms with Crippen LogP contribution in [-0.4, -0.2) is 64.8 Å². The van der Waals surface area contributed by atoms with Gasteiger partial charge in [0.2, 0.25) is 0 Å². The molecule has 1 aromatic carbocycles. The van der Waals surface area contributed by atoms with E-state index < -0.39 is 46.0 Å². The van der Waals surface area contributed by atoms with Gasteiger partial charge in [-0.25, -0.2) is 4.79 Å². The minimum Gasteiger partial charge on any atom is -0.457 e. The van der Waals surface area contributed by atoms with E-state index in [0.29, 0.717) is 24.8 Å². The van der Waals surface area contributed by atoms with Crippen LogP contribution in [0.2, 0.25) is 0 Å². The summed E-state index contributed by atoms with van der Waals surface area (Å²) in [6.07, 6.45) is 2.18. The molecule has 2 aromatic rings. The van der Waals surface area contributed by atoms with E-state index in [1.807, 2.05) is 26.0 Å². The lowest BCUT2D eigenvalue weighted by molar-refractivity contribution is -0.277. The lowest BCUT2D eigenvalue weighted by atomic mass is 9.41. The van der Waals surface area contributed by atoms with E-state index in [1.54, 1.807) is 0 Å². The number of para-hydroxylation sites is 1. The van der Waals surface area contributed by atoms with Gasteiger partial charge in [-0.2, -0.15) is 0 Å². The first-order valence-electron chi connectivity index (χ1n) is 13.6. The van der Waals surface area contributed by atoms with E-state index in [2.05, 4.69) is 31.0 Å². The third kappa shape index (κ3) is 2.65. The minimum atomic E-state index is -1.71. The topological polar surface area (TPSA) is 107 Å². The smallest absolute Gasteiger partial charge is 0.332 e. The summed E-state index contributed by atoms with van der Waals surface area (Å²) in [5.74, 6) is -1.91. The number of hydrogen-bond acceptors (Lipinski definition) is 7. The van der Waals surface area contributed by atoms with Gasteiger partial charge in [0.25, 0.3) is 0 Å². The quantitative estimate of drug-likeness (QED) is 0.596. The van der Waals surface area contributed by atoms with Gasteiger partial charge < -0.3 is 29.0 Å². The predicted molar refractivity (Wildman–Crippen MR) is 137 cm³/mol. The SMILES string of the molecule is COCC(=O)O[C@H]1C[C@H]2Cc3c([nH]c4ccccc34)[C@]2(C)C2(C)CC[C@@]34O[C@@H](C(=O)C=C3[C@]12O)C(C)(C)O4. The van der Waals surface area contributed by atoms with Crippen molar-refractivity contribution in [3.05, 3.63) is 47.2 Å². The number of ether oxygens (including phenoxy) is 4. The highest BCUT2D eigenvalue weighted by molar-refractivity contribution is 5.97. The summed E-state index contributed by atoms with van der Waals surface area (Å²) in [5.41, 5.74) is -0.0248. The molecule has 0 radical (unpaired) electrons. The Morgan fingerprint density at radius 2 is 1.95 bits per heavy atom. The van der Waals surface area contributed by atoms with Gasteiger partial charge in [-0.05, 0) is 56.7 Å². The van der Waals surface area contributed by atoms with Crippen LogP contribution in [0.15, 0.2) is 35.9 Å². The number of aromatic amines is 1. The maximum absolute atomic E-state index is 13.4. The molecule has 38 heavy (non-hydrogen) atoms. The number of esters is 1. The second-order valence-electron chi connectivity index (χ2n) is 12.8. The van der Waals surface area contributed by atoms with Crippen LogP contribution in [0.5, 0.6) is 0 Å². The van der Waals surface area contributed by atoms with Gasteiger partial charge in [0.05, 0.1) is 0 Å². The molecule has 3 aliphatic carbocycles. The van der Waals surface area contributed by atoms with Gasteiger partial charge in [0.1, 0.15) is 23.9 Å². The highest BCUT2D eigenvalue weighted by Crippen LogP contribution is 2.72. The van der Waals surface area contributed by atoms with E-state index in [-0.39, 0.29) is 18.3 Å². The van der Waals surface area contributed by atoms with Crippen LogP contribution < -0.4 is 0 Å². The van der Waals surface area contributed by atoms with Crippen LogP contribution in [0.3, 0.4) is 0 Å². The van der Waals surface area contributed by atoms with Crippen LogP contribution in [0, 0.1) is 11.3 Å². The molecule has 3 fully saturated rings. The van der Waals surface area contributed by atoms with Crippen molar-refractivity contribution >= 4 is 22.7 Å². The number of carbonyl (C=O) groups excluding carboxylic acids is 2. The van der Waals surface area contributed by atoms with E-state index >= 15 is 0 Å². The number of ketones is 1. The number of fused-ring (bicyclic) bond motifs is 9. The number of aromatic nitrogens is 1. The average molecular weight is 522 g/mol. The molecular weight excluding hydrogens is 486 g/mol. The molecule has 8 nitrogen and oxygen atoms in total. The Bertz CT molecular complexity index is 1420. The summed E-state index contributed by atoms with van der Waals surface area (Å²) in [6.45, 7) is 7.78. The van der Waals surface area contributed by atoms with Gasteiger partial charge >= 0.3 is 5.97 Å².